The van der Waals surface area contributed by atoms with Gasteiger partial charge in [0.05, 0.1) is 0 Å². The van der Waals surface area contributed by atoms with Crippen molar-refractivity contribution in [3.05, 3.63) is 10.1 Å². The lowest BCUT2D eigenvalue weighted by Gasteiger charge is -1.56. The molecule has 0 spiro atoms. The van der Waals surface area contributed by atoms with E-state index in [1.54, 1.807) is 0 Å². The van der Waals surface area contributed by atoms with E-state index >= 15 is 0 Å². The smallest absolute Gasteiger partial charge is 0.291 e. The van der Waals surface area contributed by atoms with Crippen molar-refractivity contribution < 1.29 is 15.8 Å². The van der Waals surface area contributed by atoms with E-state index in [-0.39, 0.29) is 22.8 Å². The highest BCUT2D eigenvalue weighted by Gasteiger charge is 1.65. The summed E-state index contributed by atoms with van der Waals surface area (Å²) in [6, 6.07) is 0. The Hall–Kier alpha value is -0.308. The molecule has 0 bridgehead atoms. The van der Waals surface area contributed by atoms with Crippen molar-refractivity contribution in [1.29, 1.82) is 0 Å². The van der Waals surface area contributed by atoms with Crippen molar-refractivity contribution in [3.63, 3.8) is 0 Å². The minimum absolute atomic E-state index is 0. The van der Waals surface area contributed by atoms with Crippen molar-refractivity contribution in [2.75, 3.05) is 0 Å². The lowest BCUT2D eigenvalue weighted by Crippen LogP contribution is -1.81. The fraction of sp³-hybridized carbons (Fsp3) is 0. The van der Waals surface area contributed by atoms with Gasteiger partial charge in [-0.1, -0.05) is 0 Å². The Morgan fingerprint density at radius 3 is 1.67 bits per heavy atom. The molecule has 0 aliphatic heterocycles. The van der Waals surface area contributed by atoms with Gasteiger partial charge in [0.15, 0.2) is 0 Å². The largest absolute Gasteiger partial charge is 0.412 e. The maximum absolute atomic E-state index is 8.36. The number of nitrogens with zero attached hydrogens (tertiary/aromatic N) is 1. The average molecular weight is 110 g/mol. The third-order valence-electron chi connectivity index (χ3n) is 0. The molecule has 0 aromatic heterocycles. The van der Waals surface area contributed by atoms with Crippen LogP contribution in [0.5, 0.6) is 0 Å². The Bertz CT molecular complexity index is 30.5. The molecule has 0 rings (SSSR count). The van der Waals surface area contributed by atoms with Gasteiger partial charge in [-0.05, 0) is 0 Å². The molecule has 0 unspecified atom stereocenters. The summed E-state index contributed by atoms with van der Waals surface area (Å²) in [5.74, 6) is 0. The molecule has 6 heteroatoms. The van der Waals surface area contributed by atoms with E-state index in [2.05, 4.69) is 0 Å². The van der Waals surface area contributed by atoms with Gasteiger partial charge < -0.3 is 10.7 Å². The Morgan fingerprint density at radius 1 is 1.67 bits per heavy atom. The minimum atomic E-state index is -1.50. The van der Waals surface area contributed by atoms with Crippen LogP contribution in [0.25, 0.3) is 0 Å². The molecular weight excluding hydrogens is 105 g/mol. The van der Waals surface area contributed by atoms with E-state index in [9.17, 15) is 0 Å². The maximum Gasteiger partial charge on any atom is 0.291 e. The Kier molecular flexibility index (Phi) is 25.4. The van der Waals surface area contributed by atoms with E-state index < -0.39 is 5.09 Å². The molecule has 0 aromatic carbocycles. The summed E-state index contributed by atoms with van der Waals surface area (Å²) in [5, 5.41) is 13.6. The second kappa shape index (κ2) is 8.83. The fourth-order valence-corrected chi connectivity index (χ4v) is 0. The minimum Gasteiger partial charge on any atom is -0.412 e. The first-order chi connectivity index (χ1) is 1.73. The Morgan fingerprint density at radius 2 is 1.67 bits per heavy atom. The summed E-state index contributed by atoms with van der Waals surface area (Å²) in [4.78, 5) is 8.36. The molecule has 0 heterocycles. The lowest BCUT2D eigenvalue weighted by atomic mass is 13.1. The summed E-state index contributed by atoms with van der Waals surface area (Å²) in [6.45, 7) is 0. The normalized spacial score (nSPS) is 4.00. The first kappa shape index (κ1) is 17.3. The van der Waals surface area contributed by atoms with Gasteiger partial charge in [0.2, 0.25) is 0 Å². The van der Waals surface area contributed by atoms with Crippen LogP contribution in [0.1, 0.15) is 0 Å². The van der Waals surface area contributed by atoms with Crippen molar-refractivity contribution in [3.8, 4) is 0 Å². The first-order valence-corrected chi connectivity index (χ1v) is 0.565. The molecule has 0 aliphatic rings. The third-order valence-corrected chi connectivity index (χ3v) is 0. The summed E-state index contributed by atoms with van der Waals surface area (Å²) in [5.41, 5.74) is 0. The summed E-state index contributed by atoms with van der Waals surface area (Å²) in [6.07, 6.45) is 0. The van der Waals surface area contributed by atoms with Gasteiger partial charge in [0, 0.05) is 0 Å². The Balaban J connectivity index is -0.0000000450. The van der Waals surface area contributed by atoms with Gasteiger partial charge in [-0.2, -0.15) is 0 Å². The fourth-order valence-electron chi connectivity index (χ4n) is 0. The molecule has 37 valence electrons. The van der Waals surface area contributed by atoms with Crippen LogP contribution in [0.15, 0.2) is 0 Å². The van der Waals surface area contributed by atoms with Gasteiger partial charge >= 0.3 is 0 Å². The summed E-state index contributed by atoms with van der Waals surface area (Å²) < 4.78 is 0. The molecule has 0 amide bonds. The zero-order valence-corrected chi connectivity index (χ0v) is 5.21. The third kappa shape index (κ3) is 283. The molecule has 5 nitrogen and oxygen atoms in total. The SMILES string of the molecule is O.O=[N+]([O-])O.[AlH2]. The zero-order chi connectivity index (χ0) is 3.58. The van der Waals surface area contributed by atoms with Crippen molar-refractivity contribution >= 4 is 17.4 Å². The van der Waals surface area contributed by atoms with Crippen LogP contribution in [-0.4, -0.2) is 33.1 Å². The van der Waals surface area contributed by atoms with Gasteiger partial charge in [-0.15, -0.1) is 10.1 Å². The molecule has 0 aliphatic carbocycles. The second-order valence-electron chi connectivity index (χ2n) is 0.238. The summed E-state index contributed by atoms with van der Waals surface area (Å²) >= 11 is 0. The van der Waals surface area contributed by atoms with Gasteiger partial charge in [-0.25, -0.2) is 0 Å². The standard InChI is InChI=1S/Al.HNO3.H2O.2H/c;2-1(3)4;;;/h;(H,2,3,4);1H2;;. The van der Waals surface area contributed by atoms with Crippen LogP contribution >= 0.6 is 0 Å². The van der Waals surface area contributed by atoms with E-state index in [0.29, 0.717) is 0 Å². The highest BCUT2D eigenvalue weighted by Crippen LogP contribution is 1.38. The first-order valence-electron chi connectivity index (χ1n) is 0.565. The molecule has 0 saturated carbocycles. The summed E-state index contributed by atoms with van der Waals surface area (Å²) in [7, 11) is 0. The molecule has 6 heavy (non-hydrogen) atoms. The number of rotatable bonds is 0. The van der Waals surface area contributed by atoms with Crippen molar-refractivity contribution in [2.24, 2.45) is 0 Å². The van der Waals surface area contributed by atoms with Gasteiger partial charge in [0.1, 0.15) is 17.4 Å². The van der Waals surface area contributed by atoms with Crippen molar-refractivity contribution in [1.82, 2.24) is 0 Å². The van der Waals surface area contributed by atoms with E-state index in [0.717, 1.165) is 0 Å². The zero-order valence-electron chi connectivity index (χ0n) is 3.21. The molecule has 1 radical (unpaired) electrons. The second-order valence-corrected chi connectivity index (χ2v) is 0.238. The molecule has 0 aromatic rings. The van der Waals surface area contributed by atoms with E-state index in [1.807, 2.05) is 0 Å². The quantitative estimate of drug-likeness (QED) is 0.220. The van der Waals surface area contributed by atoms with Crippen LogP contribution in [0, 0.1) is 10.1 Å². The van der Waals surface area contributed by atoms with Gasteiger partial charge in [-0.3, -0.25) is 0 Å². The molecular formula is H5AlNO4. The highest BCUT2D eigenvalue weighted by molar-refractivity contribution is 5.75. The molecule has 0 saturated heterocycles. The Labute approximate surface area is 44.1 Å². The topological polar surface area (TPSA) is 94.9 Å². The van der Waals surface area contributed by atoms with Crippen LogP contribution in [0.3, 0.4) is 0 Å². The lowest BCUT2D eigenvalue weighted by molar-refractivity contribution is -0.742. The molecule has 3 N–H and O–H groups in total. The van der Waals surface area contributed by atoms with Crippen LogP contribution in [-0.2, 0) is 0 Å². The van der Waals surface area contributed by atoms with Gasteiger partial charge in [0.25, 0.3) is 5.09 Å². The monoisotopic (exact) mass is 110 g/mol. The van der Waals surface area contributed by atoms with Crippen LogP contribution in [0.2, 0.25) is 0 Å². The predicted octanol–water partition coefficient (Wildman–Crippen LogP) is -2.09. The number of hydrogen-bond acceptors (Lipinski definition) is 2. The van der Waals surface area contributed by atoms with Crippen LogP contribution < -0.4 is 0 Å². The van der Waals surface area contributed by atoms with E-state index in [4.69, 9.17) is 15.3 Å². The predicted molar refractivity (Wildman–Crippen MR) is 20.9 cm³/mol. The highest BCUT2D eigenvalue weighted by atomic mass is 27.0. The maximum atomic E-state index is 8.36. The number of hydrogen-bond donors (Lipinski definition) is 1. The van der Waals surface area contributed by atoms with Crippen LogP contribution in [0.4, 0.5) is 0 Å². The van der Waals surface area contributed by atoms with E-state index in [1.165, 1.54) is 0 Å². The molecule has 0 fully saturated rings. The van der Waals surface area contributed by atoms with Crippen molar-refractivity contribution in [2.45, 2.75) is 0 Å². The average Bonchev–Trinajstić information content (AvgIpc) is 0.811. The molecule has 0 atom stereocenters.